The lowest BCUT2D eigenvalue weighted by molar-refractivity contribution is -0.145. The van der Waals surface area contributed by atoms with Crippen LogP contribution in [0.4, 0.5) is 0 Å². The largest absolute Gasteiger partial charge is 0.480 e. The van der Waals surface area contributed by atoms with Gasteiger partial charge in [-0.1, -0.05) is 27.7 Å². The van der Waals surface area contributed by atoms with Crippen molar-refractivity contribution in [3.05, 3.63) is 0 Å². The Morgan fingerprint density at radius 3 is 2.12 bits per heavy atom. The molecule has 0 heterocycles. The van der Waals surface area contributed by atoms with E-state index < -0.39 is 11.5 Å². The monoisotopic (exact) mass is 244 g/mol. The molecule has 0 aromatic carbocycles. The molecule has 0 aromatic rings. The van der Waals surface area contributed by atoms with Crippen LogP contribution in [0, 0.1) is 5.41 Å². The zero-order chi connectivity index (χ0) is 13.9. The molecule has 0 spiro atoms. The van der Waals surface area contributed by atoms with Crippen LogP contribution < -0.4 is 5.32 Å². The number of hydrogen-bond donors (Lipinski definition) is 2. The first-order valence-corrected chi connectivity index (χ1v) is 6.23. The smallest absolute Gasteiger partial charge is 0.324 e. The first-order chi connectivity index (χ1) is 7.54. The molecular formula is C13H28N2O2. The van der Waals surface area contributed by atoms with Crippen LogP contribution in [0.1, 0.15) is 41.5 Å². The molecule has 0 rings (SSSR count). The van der Waals surface area contributed by atoms with Gasteiger partial charge in [-0.05, 0) is 32.9 Å². The maximum atomic E-state index is 11.3. The Morgan fingerprint density at radius 2 is 1.82 bits per heavy atom. The fourth-order valence-corrected chi connectivity index (χ4v) is 1.89. The van der Waals surface area contributed by atoms with Crippen molar-refractivity contribution in [3.63, 3.8) is 0 Å². The highest BCUT2D eigenvalue weighted by molar-refractivity contribution is 5.78. The molecule has 2 atom stereocenters. The van der Waals surface area contributed by atoms with Gasteiger partial charge in [0.15, 0.2) is 0 Å². The maximum Gasteiger partial charge on any atom is 0.324 e. The van der Waals surface area contributed by atoms with Gasteiger partial charge in [0, 0.05) is 12.6 Å². The average Bonchev–Trinajstić information content (AvgIpc) is 2.15. The van der Waals surface area contributed by atoms with Crippen molar-refractivity contribution in [2.24, 2.45) is 5.41 Å². The van der Waals surface area contributed by atoms with Gasteiger partial charge in [0.25, 0.3) is 0 Å². The standard InChI is InChI=1S/C13H28N2O2/c1-8-14-13(6,11(16)17)9-15(7)10(2)12(3,4)5/h10,14H,8-9H2,1-7H3,(H,16,17). The number of nitrogens with one attached hydrogen (secondary N) is 1. The summed E-state index contributed by atoms with van der Waals surface area (Å²) >= 11 is 0. The second-order valence-electron chi connectivity index (χ2n) is 6.12. The summed E-state index contributed by atoms with van der Waals surface area (Å²) in [4.78, 5) is 13.4. The normalized spacial score (nSPS) is 17.9. The van der Waals surface area contributed by atoms with Crippen LogP contribution >= 0.6 is 0 Å². The number of carboxylic acids is 1. The van der Waals surface area contributed by atoms with Gasteiger partial charge in [0.05, 0.1) is 0 Å². The Balaban J connectivity index is 4.73. The van der Waals surface area contributed by atoms with Crippen LogP contribution in [0.3, 0.4) is 0 Å². The summed E-state index contributed by atoms with van der Waals surface area (Å²) in [6.07, 6.45) is 0. The van der Waals surface area contributed by atoms with Crippen molar-refractivity contribution in [1.29, 1.82) is 0 Å². The van der Waals surface area contributed by atoms with Gasteiger partial charge in [-0.3, -0.25) is 4.79 Å². The molecule has 0 aliphatic carbocycles. The van der Waals surface area contributed by atoms with E-state index in [-0.39, 0.29) is 5.41 Å². The fourth-order valence-electron chi connectivity index (χ4n) is 1.89. The molecule has 0 aliphatic heterocycles. The predicted molar refractivity (Wildman–Crippen MR) is 71.3 cm³/mol. The van der Waals surface area contributed by atoms with Gasteiger partial charge in [-0.25, -0.2) is 0 Å². The van der Waals surface area contributed by atoms with Crippen LogP contribution in [0.25, 0.3) is 0 Å². The van der Waals surface area contributed by atoms with Crippen LogP contribution in [-0.4, -0.2) is 47.7 Å². The Morgan fingerprint density at radius 1 is 1.35 bits per heavy atom. The quantitative estimate of drug-likeness (QED) is 0.748. The summed E-state index contributed by atoms with van der Waals surface area (Å²) in [5, 5.41) is 12.4. The van der Waals surface area contributed by atoms with Gasteiger partial charge in [0.2, 0.25) is 0 Å². The summed E-state index contributed by atoms with van der Waals surface area (Å²) in [7, 11) is 1.98. The number of nitrogens with zero attached hydrogens (tertiary/aromatic N) is 1. The van der Waals surface area contributed by atoms with E-state index in [2.05, 4.69) is 37.9 Å². The van der Waals surface area contributed by atoms with Crippen LogP contribution in [0.2, 0.25) is 0 Å². The second-order valence-corrected chi connectivity index (χ2v) is 6.12. The molecule has 0 saturated carbocycles. The van der Waals surface area contributed by atoms with Crippen LogP contribution in [-0.2, 0) is 4.79 Å². The molecule has 0 saturated heterocycles. The van der Waals surface area contributed by atoms with E-state index in [0.717, 1.165) is 0 Å². The fraction of sp³-hybridized carbons (Fsp3) is 0.923. The third-order valence-electron chi connectivity index (χ3n) is 3.52. The predicted octanol–water partition coefficient (Wildman–Crippen LogP) is 1.81. The summed E-state index contributed by atoms with van der Waals surface area (Å²) < 4.78 is 0. The highest BCUT2D eigenvalue weighted by Crippen LogP contribution is 2.24. The first kappa shape index (κ1) is 16.4. The minimum absolute atomic E-state index is 0.139. The number of rotatable bonds is 6. The third-order valence-corrected chi connectivity index (χ3v) is 3.52. The van der Waals surface area contributed by atoms with E-state index in [9.17, 15) is 9.90 Å². The van der Waals surface area contributed by atoms with Gasteiger partial charge in [-0.2, -0.15) is 0 Å². The lowest BCUT2D eigenvalue weighted by atomic mass is 9.86. The van der Waals surface area contributed by atoms with E-state index in [4.69, 9.17) is 0 Å². The van der Waals surface area contributed by atoms with Gasteiger partial charge in [-0.15, -0.1) is 0 Å². The summed E-state index contributed by atoms with van der Waals surface area (Å²) in [5.41, 5.74) is -0.747. The number of carboxylic acid groups (broad SMARTS) is 1. The summed E-state index contributed by atoms with van der Waals surface area (Å²) in [6.45, 7) is 13.4. The Bertz CT molecular complexity index is 261. The number of likely N-dealkylation sites (N-methyl/N-ethyl adjacent to an activating group) is 2. The molecule has 0 aliphatic rings. The van der Waals surface area contributed by atoms with Crippen molar-refractivity contribution < 1.29 is 9.90 Å². The highest BCUT2D eigenvalue weighted by Gasteiger charge is 2.36. The molecule has 17 heavy (non-hydrogen) atoms. The zero-order valence-electron chi connectivity index (χ0n) is 12.3. The highest BCUT2D eigenvalue weighted by atomic mass is 16.4. The van der Waals surface area contributed by atoms with Gasteiger partial charge in [0.1, 0.15) is 5.54 Å². The number of carbonyl (C=O) groups is 1. The Labute approximate surface area is 105 Å². The minimum Gasteiger partial charge on any atom is -0.480 e. The molecule has 102 valence electrons. The Hall–Kier alpha value is -0.610. The van der Waals surface area contributed by atoms with Crippen molar-refractivity contribution in [1.82, 2.24) is 10.2 Å². The number of aliphatic carboxylic acids is 1. The van der Waals surface area contributed by atoms with Crippen molar-refractivity contribution in [3.8, 4) is 0 Å². The second kappa shape index (κ2) is 5.83. The molecule has 0 fully saturated rings. The molecule has 4 nitrogen and oxygen atoms in total. The van der Waals surface area contributed by atoms with E-state index >= 15 is 0 Å². The van der Waals surface area contributed by atoms with Crippen molar-refractivity contribution in [2.75, 3.05) is 20.1 Å². The molecule has 0 aromatic heterocycles. The van der Waals surface area contributed by atoms with Gasteiger partial charge < -0.3 is 15.3 Å². The lowest BCUT2D eigenvalue weighted by Gasteiger charge is -2.39. The van der Waals surface area contributed by atoms with Crippen LogP contribution in [0.5, 0.6) is 0 Å². The molecule has 0 amide bonds. The third kappa shape index (κ3) is 4.64. The average molecular weight is 244 g/mol. The first-order valence-electron chi connectivity index (χ1n) is 6.23. The molecule has 4 heteroatoms. The van der Waals surface area contributed by atoms with E-state index in [1.54, 1.807) is 6.92 Å². The van der Waals surface area contributed by atoms with Crippen molar-refractivity contribution in [2.45, 2.75) is 53.1 Å². The zero-order valence-corrected chi connectivity index (χ0v) is 12.3. The molecule has 0 radical (unpaired) electrons. The Kier molecular flexibility index (Phi) is 5.62. The van der Waals surface area contributed by atoms with E-state index in [1.807, 2.05) is 14.0 Å². The molecular weight excluding hydrogens is 216 g/mol. The summed E-state index contributed by atoms with van der Waals surface area (Å²) in [6, 6.07) is 0.319. The topological polar surface area (TPSA) is 52.6 Å². The lowest BCUT2D eigenvalue weighted by Crippen LogP contribution is -2.58. The van der Waals surface area contributed by atoms with E-state index in [0.29, 0.717) is 19.1 Å². The molecule has 2 N–H and O–H groups in total. The molecule has 2 unspecified atom stereocenters. The van der Waals surface area contributed by atoms with Crippen LogP contribution in [0.15, 0.2) is 0 Å². The van der Waals surface area contributed by atoms with Gasteiger partial charge >= 0.3 is 5.97 Å². The molecule has 0 bridgehead atoms. The van der Waals surface area contributed by atoms with Crippen molar-refractivity contribution >= 4 is 5.97 Å². The van der Waals surface area contributed by atoms with E-state index in [1.165, 1.54) is 0 Å². The maximum absolute atomic E-state index is 11.3. The number of hydrogen-bond acceptors (Lipinski definition) is 3. The summed E-state index contributed by atoms with van der Waals surface area (Å²) in [5.74, 6) is -0.799. The SMILES string of the molecule is CCNC(C)(CN(C)C(C)C(C)(C)C)C(=O)O. The minimum atomic E-state index is -0.886.